The number of hydrogen-bond acceptors (Lipinski definition) is 5. The Labute approximate surface area is 95.4 Å². The first kappa shape index (κ1) is 12.8. The molecule has 0 spiro atoms. The first-order chi connectivity index (χ1) is 7.33. The molecule has 1 aromatic heterocycles. The summed E-state index contributed by atoms with van der Waals surface area (Å²) in [6, 6.07) is 0. The number of nitrogen functional groups attached to an aromatic ring is 1. The third-order valence-electron chi connectivity index (χ3n) is 1.63. The van der Waals surface area contributed by atoms with E-state index in [1.807, 2.05) is 0 Å². The van der Waals surface area contributed by atoms with Crippen LogP contribution in [0.25, 0.3) is 0 Å². The van der Waals surface area contributed by atoms with Gasteiger partial charge in [0.05, 0.1) is 13.0 Å². The van der Waals surface area contributed by atoms with Crippen LogP contribution in [0.2, 0.25) is 0 Å². The number of alkyl halides is 2. The number of nitrogens with two attached hydrogens (primary N) is 1. The Balaban J connectivity index is 2.86. The third kappa shape index (κ3) is 3.41. The summed E-state index contributed by atoms with van der Waals surface area (Å²) in [4.78, 5) is 15.1. The minimum absolute atomic E-state index is 0.0777. The second-order valence-corrected chi connectivity index (χ2v) is 4.40. The summed E-state index contributed by atoms with van der Waals surface area (Å²) in [6.07, 6.45) is -0.527. The van der Waals surface area contributed by atoms with Crippen molar-refractivity contribution in [2.24, 2.45) is 0 Å². The van der Waals surface area contributed by atoms with Gasteiger partial charge < -0.3 is 10.5 Å². The van der Waals surface area contributed by atoms with Crippen molar-refractivity contribution in [3.63, 3.8) is 0 Å². The Morgan fingerprint density at radius 2 is 2.25 bits per heavy atom. The van der Waals surface area contributed by atoms with Crippen molar-refractivity contribution in [2.75, 3.05) is 12.3 Å². The van der Waals surface area contributed by atoms with E-state index in [9.17, 15) is 13.6 Å². The number of aromatic nitrogens is 1. The highest BCUT2D eigenvalue weighted by Crippen LogP contribution is 2.27. The molecule has 0 aliphatic carbocycles. The molecule has 0 radical (unpaired) electrons. The third-order valence-corrected chi connectivity index (χ3v) is 2.51. The van der Waals surface area contributed by atoms with Crippen LogP contribution in [0.15, 0.2) is 0 Å². The lowest BCUT2D eigenvalue weighted by atomic mass is 10.3. The van der Waals surface area contributed by atoms with Crippen LogP contribution in [-0.2, 0) is 11.2 Å². The van der Waals surface area contributed by atoms with E-state index in [1.165, 1.54) is 0 Å². The van der Waals surface area contributed by atoms with Crippen LogP contribution in [0.3, 0.4) is 0 Å². The minimum Gasteiger partial charge on any atom is -0.461 e. The molecule has 90 valence electrons. The van der Waals surface area contributed by atoms with E-state index in [-0.39, 0.29) is 22.3 Å². The van der Waals surface area contributed by atoms with Crippen molar-refractivity contribution in [2.45, 2.75) is 26.2 Å². The van der Waals surface area contributed by atoms with Crippen molar-refractivity contribution < 1.29 is 18.3 Å². The van der Waals surface area contributed by atoms with E-state index in [1.54, 1.807) is 6.92 Å². The molecule has 0 aliphatic rings. The van der Waals surface area contributed by atoms with Crippen molar-refractivity contribution >= 4 is 22.3 Å². The van der Waals surface area contributed by atoms with Crippen LogP contribution in [0.5, 0.6) is 0 Å². The maximum Gasteiger partial charge on any atom is 0.360 e. The van der Waals surface area contributed by atoms with Crippen LogP contribution in [-0.4, -0.2) is 23.5 Å². The zero-order valence-electron chi connectivity index (χ0n) is 8.92. The number of halogens is 2. The Morgan fingerprint density at radius 1 is 1.62 bits per heavy atom. The first-order valence-electron chi connectivity index (χ1n) is 4.63. The molecule has 0 aromatic carbocycles. The van der Waals surface area contributed by atoms with Gasteiger partial charge >= 0.3 is 5.97 Å². The van der Waals surface area contributed by atoms with Crippen LogP contribution in [0.1, 0.15) is 29.3 Å². The normalized spacial score (nSPS) is 11.5. The molecular formula is C9H12F2N2O2S. The Bertz CT molecular complexity index is 387. The predicted octanol–water partition coefficient (Wildman–Crippen LogP) is 2.10. The fourth-order valence-electron chi connectivity index (χ4n) is 1.06. The molecule has 0 bridgehead atoms. The van der Waals surface area contributed by atoms with E-state index in [4.69, 9.17) is 5.73 Å². The highest BCUT2D eigenvalue weighted by atomic mass is 32.1. The van der Waals surface area contributed by atoms with Crippen LogP contribution in [0.4, 0.5) is 13.8 Å². The molecule has 0 saturated heterocycles. The van der Waals surface area contributed by atoms with Crippen molar-refractivity contribution in [1.82, 2.24) is 4.98 Å². The summed E-state index contributed by atoms with van der Waals surface area (Å²) in [7, 11) is 0. The van der Waals surface area contributed by atoms with Gasteiger partial charge in [0.25, 0.3) is 5.92 Å². The molecule has 4 nitrogen and oxygen atoms in total. The molecule has 2 N–H and O–H groups in total. The highest BCUT2D eigenvalue weighted by Gasteiger charge is 2.26. The SMILES string of the molecule is CCOC(=O)c1nc(CC(C)(F)F)sc1N. The summed E-state index contributed by atoms with van der Waals surface area (Å²) in [5, 5.41) is 0.241. The van der Waals surface area contributed by atoms with E-state index in [0.29, 0.717) is 0 Å². The number of hydrogen-bond donors (Lipinski definition) is 1. The lowest BCUT2D eigenvalue weighted by Gasteiger charge is -2.05. The largest absolute Gasteiger partial charge is 0.461 e. The van der Waals surface area contributed by atoms with Crippen LogP contribution in [0, 0.1) is 0 Å². The summed E-state index contributed by atoms with van der Waals surface area (Å²) in [6.45, 7) is 2.62. The monoisotopic (exact) mass is 250 g/mol. The number of rotatable bonds is 4. The quantitative estimate of drug-likeness (QED) is 0.831. The molecule has 0 aliphatic heterocycles. The molecule has 1 heterocycles. The summed E-state index contributed by atoms with van der Waals surface area (Å²) in [5.74, 6) is -3.54. The van der Waals surface area contributed by atoms with E-state index in [0.717, 1.165) is 18.3 Å². The smallest absolute Gasteiger partial charge is 0.360 e. The first-order valence-corrected chi connectivity index (χ1v) is 5.45. The van der Waals surface area contributed by atoms with E-state index in [2.05, 4.69) is 9.72 Å². The number of ether oxygens (including phenoxy) is 1. The highest BCUT2D eigenvalue weighted by molar-refractivity contribution is 7.15. The van der Waals surface area contributed by atoms with Gasteiger partial charge in [-0.25, -0.2) is 18.6 Å². The number of thiazole rings is 1. The van der Waals surface area contributed by atoms with Gasteiger partial charge in [0.15, 0.2) is 5.69 Å². The van der Waals surface area contributed by atoms with Gasteiger partial charge in [-0.1, -0.05) is 0 Å². The zero-order chi connectivity index (χ0) is 12.3. The van der Waals surface area contributed by atoms with Crippen molar-refractivity contribution in [3.05, 3.63) is 10.7 Å². The number of anilines is 1. The maximum atomic E-state index is 12.7. The lowest BCUT2D eigenvalue weighted by molar-refractivity contribution is 0.0223. The molecule has 0 fully saturated rings. The van der Waals surface area contributed by atoms with Crippen molar-refractivity contribution in [1.29, 1.82) is 0 Å². The summed E-state index contributed by atoms with van der Waals surface area (Å²) in [5.41, 5.74) is 5.42. The number of carbonyl (C=O) groups excluding carboxylic acids is 1. The van der Waals surface area contributed by atoms with Gasteiger partial charge in [-0.05, 0) is 13.8 Å². The topological polar surface area (TPSA) is 65.2 Å². The standard InChI is InChI=1S/C9H12F2N2O2S/c1-3-15-8(14)6-7(12)16-5(13-6)4-9(2,10)11/h3-4,12H2,1-2H3. The predicted molar refractivity (Wildman–Crippen MR) is 56.8 cm³/mol. The molecule has 0 saturated carbocycles. The molecule has 7 heteroatoms. The molecule has 1 rings (SSSR count). The van der Waals surface area contributed by atoms with Gasteiger partial charge in [-0.15, -0.1) is 11.3 Å². The van der Waals surface area contributed by atoms with Gasteiger partial charge in [-0.3, -0.25) is 0 Å². The second kappa shape index (κ2) is 4.73. The molecule has 16 heavy (non-hydrogen) atoms. The zero-order valence-corrected chi connectivity index (χ0v) is 9.74. The van der Waals surface area contributed by atoms with Gasteiger partial charge in [-0.2, -0.15) is 0 Å². The van der Waals surface area contributed by atoms with E-state index >= 15 is 0 Å². The van der Waals surface area contributed by atoms with E-state index < -0.39 is 18.3 Å². The van der Waals surface area contributed by atoms with Crippen LogP contribution >= 0.6 is 11.3 Å². The molecular weight excluding hydrogens is 238 g/mol. The number of nitrogens with zero attached hydrogens (tertiary/aromatic N) is 1. The number of esters is 1. The Kier molecular flexibility index (Phi) is 3.79. The maximum absolute atomic E-state index is 12.7. The van der Waals surface area contributed by atoms with Crippen molar-refractivity contribution in [3.8, 4) is 0 Å². The fraction of sp³-hybridized carbons (Fsp3) is 0.556. The second-order valence-electron chi connectivity index (χ2n) is 3.29. The minimum atomic E-state index is -2.86. The Morgan fingerprint density at radius 3 is 2.75 bits per heavy atom. The van der Waals surface area contributed by atoms with Gasteiger partial charge in [0.2, 0.25) is 0 Å². The summed E-state index contributed by atoms with van der Waals surface area (Å²) < 4.78 is 30.1. The molecule has 1 aromatic rings. The van der Waals surface area contributed by atoms with Crippen LogP contribution < -0.4 is 5.73 Å². The summed E-state index contributed by atoms with van der Waals surface area (Å²) >= 11 is 0.881. The lowest BCUT2D eigenvalue weighted by Crippen LogP contribution is -2.14. The molecule has 0 atom stereocenters. The molecule has 0 unspecified atom stereocenters. The Hall–Kier alpha value is -1.24. The van der Waals surface area contributed by atoms with Gasteiger partial charge in [0, 0.05) is 0 Å². The van der Waals surface area contributed by atoms with Gasteiger partial charge in [0.1, 0.15) is 10.0 Å². The molecule has 0 amide bonds. The average Bonchev–Trinajstić information content (AvgIpc) is 2.44. The number of carbonyl (C=O) groups is 1. The average molecular weight is 250 g/mol. The fourth-order valence-corrected chi connectivity index (χ4v) is 2.01.